The van der Waals surface area contributed by atoms with Gasteiger partial charge in [0.25, 0.3) is 0 Å². The number of anilines is 1. The van der Waals surface area contributed by atoms with E-state index in [0.29, 0.717) is 11.8 Å². The molecule has 1 aromatic carbocycles. The van der Waals surface area contributed by atoms with Crippen molar-refractivity contribution in [3.05, 3.63) is 41.7 Å². The molecule has 2 aromatic rings. The van der Waals surface area contributed by atoms with Crippen LogP contribution in [0.5, 0.6) is 0 Å². The summed E-state index contributed by atoms with van der Waals surface area (Å²) in [6.07, 6.45) is 4.09. The molecule has 114 valence electrons. The Morgan fingerprint density at radius 1 is 1.29 bits per heavy atom. The first kappa shape index (κ1) is 15.8. The van der Waals surface area contributed by atoms with Crippen LogP contribution in [0.3, 0.4) is 0 Å². The molecule has 0 spiro atoms. The normalized spacial score (nSPS) is 12.8. The second kappa shape index (κ2) is 6.89. The molecule has 1 unspecified atom stereocenters. The van der Waals surface area contributed by atoms with Crippen LogP contribution in [0.15, 0.2) is 35.4 Å². The van der Waals surface area contributed by atoms with Gasteiger partial charge in [-0.1, -0.05) is 13.8 Å². The van der Waals surface area contributed by atoms with Crippen molar-refractivity contribution >= 4 is 16.5 Å². The molecular formula is C16H23N3OS. The summed E-state index contributed by atoms with van der Waals surface area (Å²) in [6.45, 7) is 6.24. The van der Waals surface area contributed by atoms with Crippen molar-refractivity contribution in [2.45, 2.75) is 50.3 Å². The summed E-state index contributed by atoms with van der Waals surface area (Å²) >= 11 is 0. The van der Waals surface area contributed by atoms with Crippen molar-refractivity contribution in [1.29, 1.82) is 0 Å². The summed E-state index contributed by atoms with van der Waals surface area (Å²) < 4.78 is 14.4. The van der Waals surface area contributed by atoms with E-state index >= 15 is 0 Å². The smallest absolute Gasteiger partial charge is 0.0753 e. The second-order valence-corrected chi connectivity index (χ2v) is 6.72. The van der Waals surface area contributed by atoms with Gasteiger partial charge in [0.05, 0.1) is 28.3 Å². The Kier molecular flexibility index (Phi) is 5.17. The SMILES string of the molecule is CCC(CC)n1ccc(CS(=O)c2ccc(N)c(C)c2)n1. The van der Waals surface area contributed by atoms with Crippen LogP contribution >= 0.6 is 0 Å². The molecule has 0 aliphatic heterocycles. The molecule has 21 heavy (non-hydrogen) atoms. The van der Waals surface area contributed by atoms with E-state index in [1.165, 1.54) is 0 Å². The quantitative estimate of drug-likeness (QED) is 0.832. The molecule has 0 aliphatic rings. The first-order valence-electron chi connectivity index (χ1n) is 7.33. The third-order valence-corrected chi connectivity index (χ3v) is 5.10. The number of aromatic nitrogens is 2. The molecule has 4 nitrogen and oxygen atoms in total. The maximum atomic E-state index is 12.4. The Morgan fingerprint density at radius 3 is 2.62 bits per heavy atom. The summed E-state index contributed by atoms with van der Waals surface area (Å²) in [7, 11) is -1.09. The first-order valence-corrected chi connectivity index (χ1v) is 8.65. The van der Waals surface area contributed by atoms with Gasteiger partial charge < -0.3 is 5.73 Å². The monoisotopic (exact) mass is 305 g/mol. The summed E-state index contributed by atoms with van der Waals surface area (Å²) in [4.78, 5) is 0.804. The average molecular weight is 305 g/mol. The predicted molar refractivity (Wildman–Crippen MR) is 87.5 cm³/mol. The first-order chi connectivity index (χ1) is 10.0. The third-order valence-electron chi connectivity index (χ3n) is 3.76. The van der Waals surface area contributed by atoms with Crippen LogP contribution in [0.25, 0.3) is 0 Å². The van der Waals surface area contributed by atoms with Crippen molar-refractivity contribution < 1.29 is 4.21 Å². The van der Waals surface area contributed by atoms with E-state index in [2.05, 4.69) is 18.9 Å². The van der Waals surface area contributed by atoms with Gasteiger partial charge in [0.1, 0.15) is 0 Å². The highest BCUT2D eigenvalue weighted by molar-refractivity contribution is 7.84. The van der Waals surface area contributed by atoms with Gasteiger partial charge in [-0.05, 0) is 49.6 Å². The maximum Gasteiger partial charge on any atom is 0.0753 e. The van der Waals surface area contributed by atoms with Crippen LogP contribution in [-0.4, -0.2) is 14.0 Å². The molecule has 0 fully saturated rings. The molecular weight excluding hydrogens is 282 g/mol. The van der Waals surface area contributed by atoms with E-state index in [0.717, 1.165) is 34.7 Å². The fourth-order valence-corrected chi connectivity index (χ4v) is 3.45. The number of rotatable bonds is 6. The van der Waals surface area contributed by atoms with E-state index in [1.54, 1.807) is 0 Å². The predicted octanol–water partition coefficient (Wildman–Crippen LogP) is 3.44. The Labute approximate surface area is 128 Å². The summed E-state index contributed by atoms with van der Waals surface area (Å²) in [5.74, 6) is 0.441. The van der Waals surface area contributed by atoms with Crippen molar-refractivity contribution in [3.63, 3.8) is 0 Å². The Hall–Kier alpha value is -1.62. The highest BCUT2D eigenvalue weighted by atomic mass is 32.2. The van der Waals surface area contributed by atoms with Crippen molar-refractivity contribution in [1.82, 2.24) is 9.78 Å². The lowest BCUT2D eigenvalue weighted by molar-refractivity contribution is 0.426. The number of benzene rings is 1. The Balaban J connectivity index is 2.11. The van der Waals surface area contributed by atoms with Crippen molar-refractivity contribution in [3.8, 4) is 0 Å². The lowest BCUT2D eigenvalue weighted by Gasteiger charge is -2.12. The zero-order chi connectivity index (χ0) is 15.4. The van der Waals surface area contributed by atoms with Crippen LogP contribution in [0.4, 0.5) is 5.69 Å². The molecule has 1 heterocycles. The van der Waals surface area contributed by atoms with E-state index in [9.17, 15) is 4.21 Å². The minimum Gasteiger partial charge on any atom is -0.399 e. The molecule has 0 saturated carbocycles. The summed E-state index contributed by atoms with van der Waals surface area (Å²) in [5, 5.41) is 4.56. The fraction of sp³-hybridized carbons (Fsp3) is 0.438. The molecule has 2 rings (SSSR count). The molecule has 0 saturated heterocycles. The van der Waals surface area contributed by atoms with Gasteiger partial charge in [-0.25, -0.2) is 0 Å². The van der Waals surface area contributed by atoms with E-state index in [1.807, 2.05) is 42.1 Å². The van der Waals surface area contributed by atoms with Crippen LogP contribution in [0.1, 0.15) is 44.0 Å². The van der Waals surface area contributed by atoms with Gasteiger partial charge in [-0.3, -0.25) is 8.89 Å². The molecule has 5 heteroatoms. The number of nitrogens with zero attached hydrogens (tertiary/aromatic N) is 2. The number of nitrogen functional groups attached to an aromatic ring is 1. The van der Waals surface area contributed by atoms with Gasteiger partial charge in [0.2, 0.25) is 0 Å². The van der Waals surface area contributed by atoms with Gasteiger partial charge in [0.15, 0.2) is 0 Å². The van der Waals surface area contributed by atoms with E-state index < -0.39 is 10.8 Å². The van der Waals surface area contributed by atoms with Gasteiger partial charge in [0, 0.05) is 16.8 Å². The topological polar surface area (TPSA) is 60.9 Å². The van der Waals surface area contributed by atoms with E-state index in [4.69, 9.17) is 5.73 Å². The van der Waals surface area contributed by atoms with Crippen LogP contribution in [-0.2, 0) is 16.6 Å². The van der Waals surface area contributed by atoms with Crippen LogP contribution in [0, 0.1) is 6.92 Å². The van der Waals surface area contributed by atoms with Gasteiger partial charge in [-0.15, -0.1) is 0 Å². The average Bonchev–Trinajstić information content (AvgIpc) is 2.91. The number of hydrogen-bond donors (Lipinski definition) is 1. The molecule has 1 aromatic heterocycles. The standard InChI is InChI=1S/C16H23N3OS/c1-4-14(5-2)19-9-8-13(18-19)11-21(20)15-6-7-16(17)12(3)10-15/h6-10,14H,4-5,11,17H2,1-3H3. The molecule has 0 bridgehead atoms. The highest BCUT2D eigenvalue weighted by Crippen LogP contribution is 2.19. The van der Waals surface area contributed by atoms with Crippen molar-refractivity contribution in [2.75, 3.05) is 5.73 Å². The maximum absolute atomic E-state index is 12.4. The second-order valence-electron chi connectivity index (χ2n) is 5.27. The molecule has 0 radical (unpaired) electrons. The third kappa shape index (κ3) is 3.73. The molecule has 2 N–H and O–H groups in total. The lowest BCUT2D eigenvalue weighted by atomic mass is 10.2. The largest absolute Gasteiger partial charge is 0.399 e. The zero-order valence-corrected chi connectivity index (χ0v) is 13.7. The Morgan fingerprint density at radius 2 is 2.00 bits per heavy atom. The van der Waals surface area contributed by atoms with Gasteiger partial charge in [-0.2, -0.15) is 5.10 Å². The minimum atomic E-state index is -1.09. The minimum absolute atomic E-state index is 0.422. The van der Waals surface area contributed by atoms with Gasteiger partial charge >= 0.3 is 0 Å². The van der Waals surface area contributed by atoms with Crippen LogP contribution in [0.2, 0.25) is 0 Å². The van der Waals surface area contributed by atoms with E-state index in [-0.39, 0.29) is 0 Å². The summed E-state index contributed by atoms with van der Waals surface area (Å²) in [6, 6.07) is 7.91. The summed E-state index contributed by atoms with van der Waals surface area (Å²) in [5.41, 5.74) is 8.36. The molecule has 1 atom stereocenters. The van der Waals surface area contributed by atoms with Crippen LogP contribution < -0.4 is 5.73 Å². The van der Waals surface area contributed by atoms with Crippen molar-refractivity contribution in [2.24, 2.45) is 0 Å². The number of nitrogens with two attached hydrogens (primary N) is 1. The fourth-order valence-electron chi connectivity index (χ4n) is 2.33. The number of hydrogen-bond acceptors (Lipinski definition) is 3. The lowest BCUT2D eigenvalue weighted by Crippen LogP contribution is -2.08. The highest BCUT2D eigenvalue weighted by Gasteiger charge is 2.11. The molecule has 0 aliphatic carbocycles. The zero-order valence-electron chi connectivity index (χ0n) is 12.9. The number of aryl methyl sites for hydroxylation is 1. The molecule has 0 amide bonds. The Bertz CT molecular complexity index is 632.